The summed E-state index contributed by atoms with van der Waals surface area (Å²) in [5.41, 5.74) is 0.913. The molecule has 2 amide bonds. The lowest BCUT2D eigenvalue weighted by atomic mass is 10.2. The van der Waals surface area contributed by atoms with Gasteiger partial charge < -0.3 is 14.6 Å². The third-order valence-electron chi connectivity index (χ3n) is 3.92. The molecule has 1 aliphatic rings. The summed E-state index contributed by atoms with van der Waals surface area (Å²) < 4.78 is 0. The Morgan fingerprint density at radius 3 is 2.44 bits per heavy atom. The first-order valence-electron chi connectivity index (χ1n) is 8.05. The Kier molecular flexibility index (Phi) is 5.79. The van der Waals surface area contributed by atoms with Gasteiger partial charge in [-0.3, -0.25) is 9.59 Å². The molecule has 0 bridgehead atoms. The largest absolute Gasteiger partial charge is 0.386 e. The molecule has 0 spiro atoms. The summed E-state index contributed by atoms with van der Waals surface area (Å²) in [6.07, 6.45) is 1.57. The van der Waals surface area contributed by atoms with E-state index in [1.54, 1.807) is 16.0 Å². The normalized spacial score (nSPS) is 14.7. The summed E-state index contributed by atoms with van der Waals surface area (Å²) >= 11 is 1.44. The number of thiophene rings is 1. The predicted octanol–water partition coefficient (Wildman–Crippen LogP) is 2.08. The van der Waals surface area contributed by atoms with Crippen LogP contribution in [-0.2, 0) is 9.63 Å². The van der Waals surface area contributed by atoms with Gasteiger partial charge in [0.15, 0.2) is 6.61 Å². The van der Waals surface area contributed by atoms with Crippen LogP contribution in [0, 0.1) is 0 Å². The van der Waals surface area contributed by atoms with Crippen LogP contribution < -0.4 is 0 Å². The molecule has 0 N–H and O–H groups in total. The fraction of sp³-hybridized carbons (Fsp3) is 0.278. The van der Waals surface area contributed by atoms with Crippen molar-refractivity contribution in [2.24, 2.45) is 5.16 Å². The molecule has 7 heteroatoms. The third kappa shape index (κ3) is 4.67. The smallest absolute Gasteiger partial charge is 0.264 e. The molecule has 2 heterocycles. The zero-order chi connectivity index (χ0) is 17.5. The molecule has 3 rings (SSSR count). The van der Waals surface area contributed by atoms with Gasteiger partial charge in [0.2, 0.25) is 0 Å². The third-order valence-corrected chi connectivity index (χ3v) is 4.77. The SMILES string of the molecule is O=C(CO/N=C\c1ccccc1)N1CCN(C(=O)c2cccs2)CC1. The molecule has 2 aromatic rings. The van der Waals surface area contributed by atoms with E-state index >= 15 is 0 Å². The van der Waals surface area contributed by atoms with Gasteiger partial charge >= 0.3 is 0 Å². The Labute approximate surface area is 150 Å². The number of carbonyl (C=O) groups excluding carboxylic acids is 2. The first-order valence-corrected chi connectivity index (χ1v) is 8.93. The molecule has 0 radical (unpaired) electrons. The molecule has 0 aliphatic carbocycles. The van der Waals surface area contributed by atoms with E-state index in [2.05, 4.69) is 5.16 Å². The quantitative estimate of drug-likeness (QED) is 0.608. The summed E-state index contributed by atoms with van der Waals surface area (Å²) in [6.45, 7) is 2.01. The van der Waals surface area contributed by atoms with E-state index in [9.17, 15) is 9.59 Å². The zero-order valence-corrected chi connectivity index (χ0v) is 14.5. The number of amides is 2. The van der Waals surface area contributed by atoms with Crippen molar-refractivity contribution in [2.75, 3.05) is 32.8 Å². The van der Waals surface area contributed by atoms with Gasteiger partial charge in [-0.25, -0.2) is 0 Å². The van der Waals surface area contributed by atoms with Crippen LogP contribution in [0.5, 0.6) is 0 Å². The van der Waals surface area contributed by atoms with Crippen LogP contribution in [0.2, 0.25) is 0 Å². The van der Waals surface area contributed by atoms with E-state index in [0.717, 1.165) is 10.4 Å². The maximum Gasteiger partial charge on any atom is 0.264 e. The minimum atomic E-state index is -0.117. The van der Waals surface area contributed by atoms with Crippen molar-refractivity contribution in [2.45, 2.75) is 0 Å². The summed E-state index contributed by atoms with van der Waals surface area (Å²) in [5.74, 6) is -0.0840. The Bertz CT molecular complexity index is 723. The number of hydrogen-bond acceptors (Lipinski definition) is 5. The molecular formula is C18H19N3O3S. The number of nitrogens with zero attached hydrogens (tertiary/aromatic N) is 3. The van der Waals surface area contributed by atoms with Gasteiger partial charge in [-0.2, -0.15) is 0 Å². The summed E-state index contributed by atoms with van der Waals surface area (Å²) in [7, 11) is 0. The van der Waals surface area contributed by atoms with Gasteiger partial charge in [-0.15, -0.1) is 11.3 Å². The van der Waals surface area contributed by atoms with E-state index < -0.39 is 0 Å². The van der Waals surface area contributed by atoms with Crippen molar-refractivity contribution in [1.29, 1.82) is 0 Å². The molecule has 25 heavy (non-hydrogen) atoms. The average Bonchev–Trinajstić information content (AvgIpc) is 3.20. The average molecular weight is 357 g/mol. The topological polar surface area (TPSA) is 62.2 Å². The van der Waals surface area contributed by atoms with Crippen LogP contribution in [0.25, 0.3) is 0 Å². The molecule has 0 saturated carbocycles. The van der Waals surface area contributed by atoms with Crippen LogP contribution in [0.4, 0.5) is 0 Å². The molecular weight excluding hydrogens is 338 g/mol. The number of carbonyl (C=O) groups is 2. The van der Waals surface area contributed by atoms with E-state index in [1.807, 2.05) is 47.8 Å². The Morgan fingerprint density at radius 2 is 1.76 bits per heavy atom. The molecule has 1 aliphatic heterocycles. The van der Waals surface area contributed by atoms with Crippen molar-refractivity contribution in [3.05, 3.63) is 58.3 Å². The van der Waals surface area contributed by atoms with Crippen LogP contribution >= 0.6 is 11.3 Å². The zero-order valence-electron chi connectivity index (χ0n) is 13.7. The second kappa shape index (κ2) is 8.43. The van der Waals surface area contributed by atoms with Gasteiger partial charge in [0.25, 0.3) is 11.8 Å². The number of piperazine rings is 1. The maximum atomic E-state index is 12.3. The second-order valence-electron chi connectivity index (χ2n) is 5.57. The number of oxime groups is 1. The van der Waals surface area contributed by atoms with Crippen molar-refractivity contribution in [3.63, 3.8) is 0 Å². The molecule has 1 fully saturated rings. The molecule has 1 saturated heterocycles. The van der Waals surface area contributed by atoms with Gasteiger partial charge in [-0.05, 0) is 17.0 Å². The standard InChI is InChI=1S/C18H19N3O3S/c22-17(14-24-19-13-15-5-2-1-3-6-15)20-8-10-21(11-9-20)18(23)16-7-4-12-25-16/h1-7,12-13H,8-11,14H2/b19-13-. The highest BCUT2D eigenvalue weighted by atomic mass is 32.1. The second-order valence-corrected chi connectivity index (χ2v) is 6.52. The number of rotatable bonds is 5. The summed E-state index contributed by atoms with van der Waals surface area (Å²) in [5, 5.41) is 5.71. The number of benzene rings is 1. The van der Waals surface area contributed by atoms with Gasteiger partial charge in [0.05, 0.1) is 11.1 Å². The lowest BCUT2D eigenvalue weighted by molar-refractivity contribution is -0.137. The minimum Gasteiger partial charge on any atom is -0.386 e. The highest BCUT2D eigenvalue weighted by molar-refractivity contribution is 7.12. The van der Waals surface area contributed by atoms with Gasteiger partial charge in [-0.1, -0.05) is 41.6 Å². The van der Waals surface area contributed by atoms with E-state index in [4.69, 9.17) is 4.84 Å². The van der Waals surface area contributed by atoms with Crippen molar-refractivity contribution in [3.8, 4) is 0 Å². The van der Waals surface area contributed by atoms with Crippen molar-refractivity contribution < 1.29 is 14.4 Å². The fourth-order valence-electron chi connectivity index (χ4n) is 2.54. The Balaban J connectivity index is 1.41. The van der Waals surface area contributed by atoms with Gasteiger partial charge in [0.1, 0.15) is 0 Å². The van der Waals surface area contributed by atoms with Gasteiger partial charge in [0, 0.05) is 26.2 Å². The number of hydrogen-bond donors (Lipinski definition) is 0. The van der Waals surface area contributed by atoms with E-state index in [0.29, 0.717) is 26.2 Å². The molecule has 1 aromatic carbocycles. The van der Waals surface area contributed by atoms with Crippen LogP contribution in [-0.4, -0.2) is 60.6 Å². The molecule has 0 atom stereocenters. The van der Waals surface area contributed by atoms with Crippen LogP contribution in [0.3, 0.4) is 0 Å². The fourth-order valence-corrected chi connectivity index (χ4v) is 3.23. The summed E-state index contributed by atoms with van der Waals surface area (Å²) in [4.78, 5) is 33.7. The molecule has 6 nitrogen and oxygen atoms in total. The Morgan fingerprint density at radius 1 is 1.04 bits per heavy atom. The predicted molar refractivity (Wildman–Crippen MR) is 96.8 cm³/mol. The highest BCUT2D eigenvalue weighted by Crippen LogP contribution is 2.14. The van der Waals surface area contributed by atoms with Crippen molar-refractivity contribution in [1.82, 2.24) is 9.80 Å². The highest BCUT2D eigenvalue weighted by Gasteiger charge is 2.25. The summed E-state index contributed by atoms with van der Waals surface area (Å²) in [6, 6.07) is 13.2. The molecule has 130 valence electrons. The first-order chi connectivity index (χ1) is 12.2. The monoisotopic (exact) mass is 357 g/mol. The van der Waals surface area contributed by atoms with Crippen molar-refractivity contribution >= 4 is 29.4 Å². The minimum absolute atomic E-state index is 0.0332. The van der Waals surface area contributed by atoms with Crippen LogP contribution in [0.1, 0.15) is 15.2 Å². The lowest BCUT2D eigenvalue weighted by Gasteiger charge is -2.34. The first kappa shape index (κ1) is 17.2. The molecule has 1 aromatic heterocycles. The lowest BCUT2D eigenvalue weighted by Crippen LogP contribution is -2.51. The Hall–Kier alpha value is -2.67. The molecule has 0 unspecified atom stereocenters. The van der Waals surface area contributed by atoms with Crippen LogP contribution in [0.15, 0.2) is 53.0 Å². The van der Waals surface area contributed by atoms with E-state index in [-0.39, 0.29) is 18.4 Å². The van der Waals surface area contributed by atoms with E-state index in [1.165, 1.54) is 11.3 Å². The maximum absolute atomic E-state index is 12.3.